The molecule has 4 aromatic heterocycles. The van der Waals surface area contributed by atoms with Gasteiger partial charge in [-0.25, -0.2) is 19.9 Å². The Kier molecular flexibility index (Phi) is 30.5. The number of nitrogens with one attached hydrogen (secondary N) is 3. The summed E-state index contributed by atoms with van der Waals surface area (Å²) in [6, 6.07) is 39.6. The van der Waals surface area contributed by atoms with E-state index in [-0.39, 0.29) is 100 Å². The van der Waals surface area contributed by atoms with E-state index < -0.39 is 35.9 Å². The second-order valence-electron chi connectivity index (χ2n) is 29.7. The number of halogens is 1. The van der Waals surface area contributed by atoms with Crippen molar-refractivity contribution in [3.05, 3.63) is 203 Å². The molecule has 8 aromatic rings. The van der Waals surface area contributed by atoms with Crippen LogP contribution in [0.4, 0.5) is 5.69 Å². The summed E-state index contributed by atoms with van der Waals surface area (Å²) in [5, 5.41) is 27.8. The zero-order chi connectivity index (χ0) is 73.4. The van der Waals surface area contributed by atoms with Gasteiger partial charge in [-0.2, -0.15) is 27.0 Å². The van der Waals surface area contributed by atoms with Crippen LogP contribution >= 0.6 is 65.6 Å². The van der Waals surface area contributed by atoms with Crippen LogP contribution in [0.2, 0.25) is 0 Å². The average molecular weight is 1560 g/mol. The Bertz CT molecular complexity index is 4120. The standard InChI is InChI=1S/C41H49N5O4S.C26H27BrN4O4S.C15H23N.2H2S/c1-5-6-7-27-8-12-29(13-9-27)30-18-20-45(21-19-30)33-23-42-37(43-24-33)31-14-10-28(11-15-31)22-34(39(48)46-25-32(26-46)40(49)50)44-38(47)35-16-17-36(51-35)41(2,3)4;1-26(2,3)21-9-8-20(36-21)23(32)30-19(24(33)31-13-17(14-31)25(34)35)10-15-4-6-16(7-5-15)22-28-11-18(27)12-29-22;1-2-3-4-13-5-7-14(8-6-13)15-9-11-16-12-10-15;;/h8-17,23-24,30,32,34H,5-7,18-22,25-26H2,1-4H3,(H,44,47)(H,49,50);4-9,11-12,17,19H,10,13-14H2,1-3H3,(H,30,32)(H,34,35);5-8,15-16H,2-4,9-12H2,1H3;2*1H2/t34-;19-;;;/m00.../s1. The molecule has 8 heterocycles. The highest BCUT2D eigenvalue weighted by Crippen LogP contribution is 2.34. The molecular formula is C82H103BrN10O8S4. The van der Waals surface area contributed by atoms with Crippen molar-refractivity contribution in [3.8, 4) is 22.8 Å². The van der Waals surface area contributed by atoms with Crippen molar-refractivity contribution in [2.45, 2.75) is 167 Å². The number of hydrogen-bond donors (Lipinski definition) is 5. The number of amides is 4. The van der Waals surface area contributed by atoms with E-state index in [4.69, 9.17) is 9.97 Å². The van der Waals surface area contributed by atoms with Crippen LogP contribution in [0.25, 0.3) is 22.8 Å². The molecule has 0 unspecified atom stereocenters. The number of carbonyl (C=O) groups is 6. The first-order valence-corrected chi connectivity index (χ1v) is 38.8. The van der Waals surface area contributed by atoms with Crippen molar-refractivity contribution >= 4 is 107 Å². The molecule has 4 aliphatic rings. The number of likely N-dealkylation sites (tertiary alicyclic amines) is 2. The second-order valence-corrected chi connectivity index (χ2v) is 32.8. The van der Waals surface area contributed by atoms with Gasteiger partial charge in [0.15, 0.2) is 11.6 Å². The molecule has 4 amide bonds. The van der Waals surface area contributed by atoms with Gasteiger partial charge < -0.3 is 40.9 Å². The molecule has 0 spiro atoms. The van der Waals surface area contributed by atoms with E-state index in [9.17, 15) is 39.0 Å². The summed E-state index contributed by atoms with van der Waals surface area (Å²) in [6.45, 7) is 21.9. The lowest BCUT2D eigenvalue weighted by Gasteiger charge is -2.38. The molecule has 0 saturated carbocycles. The smallest absolute Gasteiger partial charge is 0.310 e. The lowest BCUT2D eigenvalue weighted by molar-refractivity contribution is -0.155. The van der Waals surface area contributed by atoms with Gasteiger partial charge in [-0.3, -0.25) is 28.8 Å². The number of anilines is 1. The summed E-state index contributed by atoms with van der Waals surface area (Å²) in [7, 11) is 0. The van der Waals surface area contributed by atoms with Crippen LogP contribution in [0.5, 0.6) is 0 Å². The van der Waals surface area contributed by atoms with E-state index in [0.717, 1.165) is 80.4 Å². The predicted molar refractivity (Wildman–Crippen MR) is 434 cm³/mol. The van der Waals surface area contributed by atoms with Crippen molar-refractivity contribution in [2.24, 2.45) is 11.8 Å². The highest BCUT2D eigenvalue weighted by atomic mass is 79.9. The van der Waals surface area contributed by atoms with Gasteiger partial charge in [-0.1, -0.05) is 165 Å². The molecular weight excluding hydrogens is 1460 g/mol. The summed E-state index contributed by atoms with van der Waals surface area (Å²) in [5.41, 5.74) is 10.2. The summed E-state index contributed by atoms with van der Waals surface area (Å²) < 4.78 is 0.788. The lowest BCUT2D eigenvalue weighted by atomic mass is 9.88. The van der Waals surface area contributed by atoms with Crippen molar-refractivity contribution in [1.29, 1.82) is 0 Å². The van der Waals surface area contributed by atoms with E-state index in [1.165, 1.54) is 107 Å². The zero-order valence-corrected chi connectivity index (χ0v) is 66.9. The van der Waals surface area contributed by atoms with E-state index in [2.05, 4.69) is 151 Å². The molecule has 4 fully saturated rings. The molecule has 23 heteroatoms. The number of carboxylic acids is 2. The first kappa shape index (κ1) is 82.8. The predicted octanol–water partition coefficient (Wildman–Crippen LogP) is 15.0. The van der Waals surface area contributed by atoms with Crippen LogP contribution in [0, 0.1) is 11.8 Å². The fourth-order valence-corrected chi connectivity index (χ4v) is 15.2. The summed E-state index contributed by atoms with van der Waals surface area (Å²) in [4.78, 5) is 102. The third-order valence-corrected chi connectivity index (χ3v) is 23.2. The number of aliphatic carboxylic acids is 2. The van der Waals surface area contributed by atoms with Crippen molar-refractivity contribution in [3.63, 3.8) is 0 Å². The number of rotatable bonds is 23. The highest BCUT2D eigenvalue weighted by Gasteiger charge is 2.41. The summed E-state index contributed by atoms with van der Waals surface area (Å²) in [6.07, 6.45) is 20.0. The fourth-order valence-electron chi connectivity index (χ4n) is 13.1. The number of hydrogen-bond acceptors (Lipinski definition) is 14. The zero-order valence-electron chi connectivity index (χ0n) is 61.6. The fraction of sp³-hybridized carbons (Fsp3) is 0.439. The van der Waals surface area contributed by atoms with E-state index >= 15 is 0 Å². The Morgan fingerprint density at radius 1 is 0.514 bits per heavy atom. The van der Waals surface area contributed by atoms with Crippen LogP contribution in [-0.4, -0.2) is 140 Å². The topological polar surface area (TPSA) is 240 Å². The summed E-state index contributed by atoms with van der Waals surface area (Å²) in [5.74, 6) is -1.59. The number of nitrogens with zero attached hydrogens (tertiary/aromatic N) is 7. The number of piperidine rings is 2. The quantitative estimate of drug-likeness (QED) is 0.0400. The van der Waals surface area contributed by atoms with E-state index in [1.807, 2.05) is 73.1 Å². The molecule has 18 nitrogen and oxygen atoms in total. The third-order valence-electron chi connectivity index (χ3n) is 19.7. The van der Waals surface area contributed by atoms with Crippen molar-refractivity contribution in [2.75, 3.05) is 57.3 Å². The average Bonchev–Trinajstić information content (AvgIpc) is 1.73. The van der Waals surface area contributed by atoms with Gasteiger partial charge in [0.05, 0.1) is 44.1 Å². The Labute approximate surface area is 649 Å². The maximum Gasteiger partial charge on any atom is 0.310 e. The van der Waals surface area contributed by atoms with Gasteiger partial charge in [0.25, 0.3) is 11.8 Å². The van der Waals surface area contributed by atoms with Gasteiger partial charge in [-0.05, 0) is 161 Å². The Morgan fingerprint density at radius 3 is 1.23 bits per heavy atom. The normalized spacial score (nSPS) is 15.5. The third kappa shape index (κ3) is 23.1. The highest BCUT2D eigenvalue weighted by molar-refractivity contribution is 9.10. The number of aryl methyl sites for hydroxylation is 2. The van der Waals surface area contributed by atoms with Gasteiger partial charge >= 0.3 is 11.9 Å². The molecule has 5 N–H and O–H groups in total. The lowest BCUT2D eigenvalue weighted by Crippen LogP contribution is -2.59. The first-order chi connectivity index (χ1) is 49.4. The van der Waals surface area contributed by atoms with Crippen molar-refractivity contribution in [1.82, 2.24) is 45.7 Å². The number of aromatic nitrogens is 4. The minimum absolute atomic E-state index is 0. The van der Waals surface area contributed by atoms with E-state index in [1.54, 1.807) is 30.1 Å². The monoisotopic (exact) mass is 1560 g/mol. The Morgan fingerprint density at radius 2 is 0.876 bits per heavy atom. The number of carbonyl (C=O) groups excluding carboxylic acids is 4. The molecule has 12 rings (SSSR count). The molecule has 4 aromatic carbocycles. The molecule has 560 valence electrons. The minimum Gasteiger partial charge on any atom is -0.481 e. The van der Waals surface area contributed by atoms with Crippen LogP contribution in [0.15, 0.2) is 151 Å². The minimum atomic E-state index is -0.918. The molecule has 4 saturated heterocycles. The maximum atomic E-state index is 13.5. The molecule has 0 bridgehead atoms. The van der Waals surface area contributed by atoms with Gasteiger partial charge in [0.2, 0.25) is 11.8 Å². The Balaban J connectivity index is 0.000000223. The molecule has 105 heavy (non-hydrogen) atoms. The first-order valence-electron chi connectivity index (χ1n) is 36.4. The molecule has 0 radical (unpaired) electrons. The Hall–Kier alpha value is -7.80. The van der Waals surface area contributed by atoms with Gasteiger partial charge in [-0.15, -0.1) is 22.7 Å². The van der Waals surface area contributed by atoms with Crippen LogP contribution in [0.3, 0.4) is 0 Å². The number of thiophene rings is 2. The molecule has 4 aliphatic heterocycles. The number of benzene rings is 4. The van der Waals surface area contributed by atoms with Crippen LogP contribution in [0.1, 0.15) is 181 Å². The summed E-state index contributed by atoms with van der Waals surface area (Å²) >= 11 is 6.15. The largest absolute Gasteiger partial charge is 0.481 e. The van der Waals surface area contributed by atoms with Crippen LogP contribution < -0.4 is 20.9 Å². The second kappa shape index (κ2) is 38.6. The SMILES string of the molecule is CC(C)(C)c1ccc(C(=O)N[C@@H](Cc2ccc(-c3ncc(Br)cn3)cc2)C(=O)N2CC(C(=O)O)C2)s1.CCCCc1ccc(C2CCN(c3cnc(-c4ccc(C[C@H](NC(=O)c5ccc(C(C)(C)C)s5)C(=O)N5CC(C(=O)O)C5)cc4)nc3)CC2)cc1.CCCCc1ccc(C2CCNCC2)cc1.S.S. The van der Waals surface area contributed by atoms with Gasteiger partial charge in [0.1, 0.15) is 12.1 Å². The molecule has 2 atom stereocenters. The maximum absolute atomic E-state index is 13.5. The number of unbranched alkanes of at least 4 members (excludes halogenated alkanes) is 2. The van der Waals surface area contributed by atoms with Gasteiger partial charge in [0, 0.05) is 85.4 Å². The number of carboxylic acid groups (broad SMARTS) is 2. The van der Waals surface area contributed by atoms with Crippen molar-refractivity contribution < 1.29 is 39.0 Å². The molecule has 0 aliphatic carbocycles. The van der Waals surface area contributed by atoms with E-state index in [0.29, 0.717) is 27.3 Å². The van der Waals surface area contributed by atoms with Crippen LogP contribution in [-0.2, 0) is 55.7 Å².